The minimum Gasteiger partial charge on any atom is -0.392 e. The van der Waals surface area contributed by atoms with E-state index in [9.17, 15) is 14.7 Å². The van der Waals surface area contributed by atoms with Crippen LogP contribution in [0, 0.1) is 0 Å². The molecule has 1 saturated carbocycles. The van der Waals surface area contributed by atoms with Gasteiger partial charge in [0, 0.05) is 0 Å². The lowest BCUT2D eigenvalue weighted by molar-refractivity contribution is 0.0447. The van der Waals surface area contributed by atoms with Crippen molar-refractivity contribution < 1.29 is 14.7 Å². The van der Waals surface area contributed by atoms with Gasteiger partial charge in [-0.1, -0.05) is 28.1 Å². The summed E-state index contributed by atoms with van der Waals surface area (Å²) in [4.78, 5) is 25.8. The maximum absolute atomic E-state index is 12.4. The van der Waals surface area contributed by atoms with E-state index in [1.54, 1.807) is 24.3 Å². The van der Waals surface area contributed by atoms with E-state index in [1.807, 2.05) is 0 Å². The number of benzene rings is 1. The average molecular weight is 324 g/mol. The Morgan fingerprint density at radius 3 is 2.26 bits per heavy atom. The van der Waals surface area contributed by atoms with Gasteiger partial charge in [-0.15, -0.1) is 0 Å². The minimum atomic E-state index is -0.511. The van der Waals surface area contributed by atoms with Crippen LogP contribution in [0.2, 0.25) is 0 Å². The SMILES string of the molecule is O=C1c2ccccc2C(=O)N1[C@@H]1CCC[C@H](O)[C@@H]1Br. The van der Waals surface area contributed by atoms with Gasteiger partial charge in [0.05, 0.1) is 28.1 Å². The molecular formula is C14H14BrNO3. The van der Waals surface area contributed by atoms with Gasteiger partial charge < -0.3 is 5.11 Å². The van der Waals surface area contributed by atoms with Crippen molar-refractivity contribution in [2.24, 2.45) is 0 Å². The number of hydrogen-bond acceptors (Lipinski definition) is 3. The molecule has 1 N–H and O–H groups in total. The Morgan fingerprint density at radius 2 is 1.68 bits per heavy atom. The van der Waals surface area contributed by atoms with Crippen LogP contribution in [-0.2, 0) is 0 Å². The molecule has 2 amide bonds. The van der Waals surface area contributed by atoms with Gasteiger partial charge in [-0.25, -0.2) is 0 Å². The number of rotatable bonds is 1. The van der Waals surface area contributed by atoms with E-state index in [4.69, 9.17) is 0 Å². The standard InChI is InChI=1S/C14H14BrNO3/c15-12-10(6-3-7-11(12)17)16-13(18)8-4-1-2-5-9(8)14(16)19/h1-2,4-5,10-12,17H,3,6-7H2/t10-,11+,12-/m1/s1. The number of aliphatic hydroxyl groups excluding tert-OH is 1. The Kier molecular flexibility index (Phi) is 3.19. The number of hydrogen-bond donors (Lipinski definition) is 1. The number of imide groups is 1. The number of halogens is 1. The summed E-state index contributed by atoms with van der Waals surface area (Å²) in [6.07, 6.45) is 1.75. The fraction of sp³-hybridized carbons (Fsp3) is 0.429. The second kappa shape index (κ2) is 4.72. The first-order valence-electron chi connectivity index (χ1n) is 6.40. The lowest BCUT2D eigenvalue weighted by Gasteiger charge is -2.36. The van der Waals surface area contributed by atoms with Crippen LogP contribution in [0.3, 0.4) is 0 Å². The van der Waals surface area contributed by atoms with Crippen molar-refractivity contribution >= 4 is 27.7 Å². The molecule has 1 aromatic rings. The number of carbonyl (C=O) groups excluding carboxylic acids is 2. The average Bonchev–Trinajstić information content (AvgIpc) is 2.67. The zero-order chi connectivity index (χ0) is 13.6. The van der Waals surface area contributed by atoms with E-state index in [-0.39, 0.29) is 22.7 Å². The van der Waals surface area contributed by atoms with E-state index in [0.29, 0.717) is 17.5 Å². The van der Waals surface area contributed by atoms with Gasteiger partial charge >= 0.3 is 0 Å². The van der Waals surface area contributed by atoms with E-state index < -0.39 is 6.10 Å². The van der Waals surface area contributed by atoms with Crippen LogP contribution in [0.25, 0.3) is 0 Å². The van der Waals surface area contributed by atoms with Crippen molar-refractivity contribution in [2.75, 3.05) is 0 Å². The highest BCUT2D eigenvalue weighted by Gasteiger charge is 2.44. The fourth-order valence-corrected chi connectivity index (χ4v) is 3.66. The smallest absolute Gasteiger partial charge is 0.261 e. The Hall–Kier alpha value is -1.20. The van der Waals surface area contributed by atoms with Gasteiger partial charge in [-0.3, -0.25) is 14.5 Å². The molecule has 1 aliphatic heterocycles. The molecule has 3 atom stereocenters. The van der Waals surface area contributed by atoms with Crippen LogP contribution in [0.15, 0.2) is 24.3 Å². The summed E-state index contributed by atoms with van der Waals surface area (Å²) in [6.45, 7) is 0. The van der Waals surface area contributed by atoms with Crippen molar-refractivity contribution in [3.63, 3.8) is 0 Å². The predicted octanol–water partition coefficient (Wildman–Crippen LogP) is 1.96. The molecule has 1 heterocycles. The van der Waals surface area contributed by atoms with Crippen molar-refractivity contribution in [3.8, 4) is 0 Å². The summed E-state index contributed by atoms with van der Waals surface area (Å²) in [6, 6.07) is 6.61. The summed E-state index contributed by atoms with van der Waals surface area (Å²) in [5.74, 6) is -0.492. The third-order valence-corrected chi connectivity index (χ3v) is 5.11. The Morgan fingerprint density at radius 1 is 1.11 bits per heavy atom. The van der Waals surface area contributed by atoms with Crippen LogP contribution >= 0.6 is 15.9 Å². The fourth-order valence-electron chi connectivity index (χ4n) is 2.89. The van der Waals surface area contributed by atoms with E-state index in [2.05, 4.69) is 15.9 Å². The monoisotopic (exact) mass is 323 g/mol. The second-order valence-electron chi connectivity index (χ2n) is 5.04. The number of aliphatic hydroxyl groups is 1. The molecular weight excluding hydrogens is 310 g/mol. The van der Waals surface area contributed by atoms with Gasteiger partial charge in [0.1, 0.15) is 0 Å². The third-order valence-electron chi connectivity index (χ3n) is 3.89. The normalized spacial score (nSPS) is 30.6. The molecule has 5 heteroatoms. The minimum absolute atomic E-state index is 0.246. The van der Waals surface area contributed by atoms with E-state index in [1.165, 1.54) is 4.90 Å². The first-order chi connectivity index (χ1) is 9.11. The van der Waals surface area contributed by atoms with Crippen LogP contribution in [0.5, 0.6) is 0 Å². The van der Waals surface area contributed by atoms with E-state index >= 15 is 0 Å². The Bertz CT molecular complexity index is 510. The van der Waals surface area contributed by atoms with Crippen LogP contribution in [0.4, 0.5) is 0 Å². The summed E-state index contributed by atoms with van der Waals surface area (Å²) in [7, 11) is 0. The first kappa shape index (κ1) is 12.8. The zero-order valence-corrected chi connectivity index (χ0v) is 11.8. The quantitative estimate of drug-likeness (QED) is 0.635. The lowest BCUT2D eigenvalue weighted by atomic mass is 9.91. The van der Waals surface area contributed by atoms with Crippen molar-refractivity contribution in [3.05, 3.63) is 35.4 Å². The Balaban J connectivity index is 1.95. The molecule has 1 aromatic carbocycles. The summed E-state index contributed by atoms with van der Waals surface area (Å²) < 4.78 is 0. The number of alkyl halides is 1. The summed E-state index contributed by atoms with van der Waals surface area (Å²) in [5.41, 5.74) is 0.930. The van der Waals surface area contributed by atoms with Crippen molar-refractivity contribution in [1.29, 1.82) is 0 Å². The van der Waals surface area contributed by atoms with Gasteiger partial charge in [0.25, 0.3) is 11.8 Å². The van der Waals surface area contributed by atoms with Crippen LogP contribution in [-0.4, -0.2) is 38.8 Å². The van der Waals surface area contributed by atoms with Crippen molar-refractivity contribution in [2.45, 2.75) is 36.2 Å². The predicted molar refractivity (Wildman–Crippen MR) is 73.3 cm³/mol. The van der Waals surface area contributed by atoms with Gasteiger partial charge in [0.2, 0.25) is 0 Å². The molecule has 1 fully saturated rings. The summed E-state index contributed by atoms with van der Waals surface area (Å²) >= 11 is 3.43. The number of amides is 2. The first-order valence-corrected chi connectivity index (χ1v) is 7.32. The van der Waals surface area contributed by atoms with Crippen LogP contribution < -0.4 is 0 Å². The second-order valence-corrected chi connectivity index (χ2v) is 6.09. The molecule has 0 saturated heterocycles. The number of nitrogens with zero attached hydrogens (tertiary/aromatic N) is 1. The summed E-state index contributed by atoms with van der Waals surface area (Å²) in [5, 5.41) is 9.90. The molecule has 0 radical (unpaired) electrons. The van der Waals surface area contributed by atoms with Gasteiger partial charge in [-0.05, 0) is 31.4 Å². The molecule has 0 bridgehead atoms. The zero-order valence-electron chi connectivity index (χ0n) is 10.3. The number of carbonyl (C=O) groups is 2. The topological polar surface area (TPSA) is 57.6 Å². The highest BCUT2D eigenvalue weighted by Crippen LogP contribution is 2.34. The van der Waals surface area contributed by atoms with Gasteiger partial charge in [0.15, 0.2) is 0 Å². The highest BCUT2D eigenvalue weighted by molar-refractivity contribution is 9.09. The van der Waals surface area contributed by atoms with Crippen LogP contribution in [0.1, 0.15) is 40.0 Å². The third kappa shape index (κ3) is 1.92. The largest absolute Gasteiger partial charge is 0.392 e. The Labute approximate surface area is 119 Å². The number of fused-ring (bicyclic) bond motifs is 1. The molecule has 100 valence electrons. The lowest BCUT2D eigenvalue weighted by Crippen LogP contribution is -2.50. The molecule has 3 rings (SSSR count). The van der Waals surface area contributed by atoms with Gasteiger partial charge in [-0.2, -0.15) is 0 Å². The highest BCUT2D eigenvalue weighted by atomic mass is 79.9. The molecule has 2 aliphatic rings. The van der Waals surface area contributed by atoms with Crippen molar-refractivity contribution in [1.82, 2.24) is 4.90 Å². The maximum atomic E-state index is 12.4. The molecule has 0 spiro atoms. The molecule has 0 aromatic heterocycles. The molecule has 0 unspecified atom stereocenters. The molecule has 4 nitrogen and oxygen atoms in total. The molecule has 1 aliphatic carbocycles. The van der Waals surface area contributed by atoms with E-state index in [0.717, 1.165) is 12.8 Å². The maximum Gasteiger partial charge on any atom is 0.261 e. The molecule has 19 heavy (non-hydrogen) atoms.